The Hall–Kier alpha value is -2.87. The predicted molar refractivity (Wildman–Crippen MR) is 130 cm³/mol. The van der Waals surface area contributed by atoms with Gasteiger partial charge in [0.2, 0.25) is 5.91 Å². The smallest absolute Gasteiger partial charge is 0.329 e. The lowest BCUT2D eigenvalue weighted by Crippen LogP contribution is -2.39. The molecule has 178 valence electrons. The van der Waals surface area contributed by atoms with Crippen molar-refractivity contribution in [3.05, 3.63) is 56.2 Å². The van der Waals surface area contributed by atoms with E-state index in [1.165, 1.54) is 42.9 Å². The Labute approximate surface area is 194 Å². The molecule has 1 aliphatic heterocycles. The van der Waals surface area contributed by atoms with Crippen molar-refractivity contribution in [2.75, 3.05) is 38.5 Å². The third kappa shape index (κ3) is 6.13. The molecule has 8 heteroatoms. The van der Waals surface area contributed by atoms with Crippen molar-refractivity contribution in [1.29, 1.82) is 0 Å². The number of fused-ring (bicyclic) bond motifs is 1. The van der Waals surface area contributed by atoms with Crippen molar-refractivity contribution >= 4 is 17.4 Å². The lowest BCUT2D eigenvalue weighted by molar-refractivity contribution is -0.130. The second kappa shape index (κ2) is 10.8. The number of carbonyl (C=O) groups excluding carboxylic acids is 1. The number of aromatic nitrogens is 2. The number of rotatable bonds is 9. The molecule has 2 N–H and O–H groups in total. The van der Waals surface area contributed by atoms with E-state index < -0.39 is 5.69 Å². The molecule has 8 nitrogen and oxygen atoms in total. The van der Waals surface area contributed by atoms with Gasteiger partial charge in [-0.1, -0.05) is 12.5 Å². The van der Waals surface area contributed by atoms with Gasteiger partial charge in [0.25, 0.3) is 5.56 Å². The first kappa shape index (κ1) is 23.3. The molecule has 0 spiro atoms. The SMILES string of the molecule is CN(CCN1CCCCC1)C(=O)CCCn1c(=O)cc(Nc2ccc3c(c2)CCC3)[nH]c1=O. The van der Waals surface area contributed by atoms with Gasteiger partial charge in [-0.15, -0.1) is 0 Å². The van der Waals surface area contributed by atoms with Crippen molar-refractivity contribution < 1.29 is 4.79 Å². The highest BCUT2D eigenvalue weighted by molar-refractivity contribution is 5.75. The molecule has 0 atom stereocenters. The van der Waals surface area contributed by atoms with Crippen molar-refractivity contribution in [1.82, 2.24) is 19.4 Å². The van der Waals surface area contributed by atoms with Crippen LogP contribution < -0.4 is 16.6 Å². The Bertz CT molecular complexity index is 1050. The second-order valence-electron chi connectivity index (χ2n) is 9.26. The molecular formula is C25H35N5O3. The van der Waals surface area contributed by atoms with Crippen molar-refractivity contribution in [2.24, 2.45) is 0 Å². The first-order valence-corrected chi connectivity index (χ1v) is 12.2. The van der Waals surface area contributed by atoms with Crippen molar-refractivity contribution in [3.63, 3.8) is 0 Å². The highest BCUT2D eigenvalue weighted by atomic mass is 16.2. The fourth-order valence-corrected chi connectivity index (χ4v) is 4.78. The molecule has 2 aliphatic rings. The zero-order valence-electron chi connectivity index (χ0n) is 19.6. The number of hydrogen-bond donors (Lipinski definition) is 2. The molecule has 1 aromatic heterocycles. The summed E-state index contributed by atoms with van der Waals surface area (Å²) >= 11 is 0. The maximum atomic E-state index is 12.5. The molecule has 1 saturated heterocycles. The summed E-state index contributed by atoms with van der Waals surface area (Å²) in [6.07, 6.45) is 7.89. The Kier molecular flexibility index (Phi) is 7.65. The first-order chi connectivity index (χ1) is 16.0. The molecule has 33 heavy (non-hydrogen) atoms. The molecule has 1 amide bonds. The monoisotopic (exact) mass is 453 g/mol. The van der Waals surface area contributed by atoms with Crippen LogP contribution in [0.5, 0.6) is 0 Å². The van der Waals surface area contributed by atoms with E-state index in [0.717, 1.165) is 42.7 Å². The minimum Gasteiger partial charge on any atom is -0.344 e. The fourth-order valence-electron chi connectivity index (χ4n) is 4.78. The first-order valence-electron chi connectivity index (χ1n) is 12.2. The number of likely N-dealkylation sites (N-methyl/N-ethyl adjacent to an activating group) is 1. The quantitative estimate of drug-likeness (QED) is 0.609. The Morgan fingerprint density at radius 3 is 2.61 bits per heavy atom. The lowest BCUT2D eigenvalue weighted by atomic mass is 10.1. The van der Waals surface area contributed by atoms with Gasteiger partial charge in [-0.3, -0.25) is 19.1 Å². The summed E-state index contributed by atoms with van der Waals surface area (Å²) in [6, 6.07) is 7.56. The maximum Gasteiger partial charge on any atom is 0.329 e. The second-order valence-corrected chi connectivity index (χ2v) is 9.26. The van der Waals surface area contributed by atoms with Crippen LogP contribution in [0.1, 0.15) is 49.7 Å². The maximum absolute atomic E-state index is 12.5. The van der Waals surface area contributed by atoms with E-state index in [2.05, 4.69) is 27.3 Å². The van der Waals surface area contributed by atoms with E-state index in [1.54, 1.807) is 4.90 Å². The molecule has 0 bridgehead atoms. The topological polar surface area (TPSA) is 90.4 Å². The largest absolute Gasteiger partial charge is 0.344 e. The van der Waals surface area contributed by atoms with Crippen LogP contribution in [0.3, 0.4) is 0 Å². The predicted octanol–water partition coefficient (Wildman–Crippen LogP) is 2.49. The summed E-state index contributed by atoms with van der Waals surface area (Å²) in [5.74, 6) is 0.430. The zero-order chi connectivity index (χ0) is 23.2. The van der Waals surface area contributed by atoms with E-state index in [0.29, 0.717) is 25.2 Å². The molecule has 1 aromatic carbocycles. The van der Waals surface area contributed by atoms with E-state index in [-0.39, 0.29) is 18.0 Å². The van der Waals surface area contributed by atoms with Crippen LogP contribution in [0, 0.1) is 0 Å². The van der Waals surface area contributed by atoms with Crippen LogP contribution in [-0.2, 0) is 24.2 Å². The van der Waals surface area contributed by atoms with Crippen molar-refractivity contribution in [2.45, 2.75) is 57.9 Å². The Morgan fingerprint density at radius 2 is 1.82 bits per heavy atom. The third-order valence-corrected chi connectivity index (χ3v) is 6.80. The molecule has 2 heterocycles. The van der Waals surface area contributed by atoms with E-state index in [9.17, 15) is 14.4 Å². The average Bonchev–Trinajstić information content (AvgIpc) is 3.27. The fraction of sp³-hybridized carbons (Fsp3) is 0.560. The molecule has 0 radical (unpaired) electrons. The standard InChI is InChI=1S/C25H35N5O3/c1-28(15-16-29-12-3-2-4-13-29)23(31)9-6-14-30-24(32)18-22(27-25(30)33)26-21-11-10-19-7-5-8-20(19)17-21/h10-11,17-18,26H,2-9,12-16H2,1H3,(H,27,33). The number of hydrogen-bond acceptors (Lipinski definition) is 5. The normalized spacial score (nSPS) is 15.9. The molecule has 0 saturated carbocycles. The molecule has 2 aromatic rings. The van der Waals surface area contributed by atoms with Gasteiger partial charge in [-0.25, -0.2) is 4.79 Å². The minimum absolute atomic E-state index is 0.0476. The van der Waals surface area contributed by atoms with Gasteiger partial charge in [0.05, 0.1) is 0 Å². The molecule has 4 rings (SSSR count). The number of piperidine rings is 1. The summed E-state index contributed by atoms with van der Waals surface area (Å²) in [5, 5.41) is 3.14. The summed E-state index contributed by atoms with van der Waals surface area (Å²) in [4.78, 5) is 44.4. The molecule has 1 fully saturated rings. The lowest BCUT2D eigenvalue weighted by Gasteiger charge is -2.28. The summed E-state index contributed by atoms with van der Waals surface area (Å²) in [5.41, 5.74) is 2.73. The molecule has 1 aliphatic carbocycles. The van der Waals surface area contributed by atoms with Crippen LogP contribution in [0.4, 0.5) is 11.5 Å². The van der Waals surface area contributed by atoms with Gasteiger partial charge in [0.1, 0.15) is 5.82 Å². The highest BCUT2D eigenvalue weighted by Gasteiger charge is 2.14. The van der Waals surface area contributed by atoms with Crippen LogP contribution in [0.25, 0.3) is 0 Å². The van der Waals surface area contributed by atoms with Crippen LogP contribution in [0.15, 0.2) is 33.9 Å². The number of benzene rings is 1. The number of likely N-dealkylation sites (tertiary alicyclic amines) is 1. The average molecular weight is 454 g/mol. The number of carbonyl (C=O) groups is 1. The van der Waals surface area contributed by atoms with E-state index in [1.807, 2.05) is 13.1 Å². The van der Waals surface area contributed by atoms with Crippen molar-refractivity contribution in [3.8, 4) is 0 Å². The summed E-state index contributed by atoms with van der Waals surface area (Å²) < 4.78 is 1.16. The van der Waals surface area contributed by atoms with Crippen LogP contribution in [-0.4, -0.2) is 58.5 Å². The third-order valence-electron chi connectivity index (χ3n) is 6.80. The number of H-pyrrole nitrogens is 1. The van der Waals surface area contributed by atoms with Gasteiger partial charge in [-0.05, 0) is 74.9 Å². The van der Waals surface area contributed by atoms with Gasteiger partial charge >= 0.3 is 5.69 Å². The minimum atomic E-state index is -0.461. The Morgan fingerprint density at radius 1 is 1.03 bits per heavy atom. The number of aromatic amines is 1. The van der Waals surface area contributed by atoms with Gasteiger partial charge in [0, 0.05) is 44.9 Å². The molecule has 0 unspecified atom stereocenters. The van der Waals surface area contributed by atoms with Gasteiger partial charge in [0.15, 0.2) is 0 Å². The number of nitrogens with zero attached hydrogens (tertiary/aromatic N) is 3. The van der Waals surface area contributed by atoms with Crippen LogP contribution in [0.2, 0.25) is 0 Å². The van der Waals surface area contributed by atoms with Crippen LogP contribution >= 0.6 is 0 Å². The number of anilines is 2. The summed E-state index contributed by atoms with van der Waals surface area (Å²) in [6.45, 7) is 4.07. The summed E-state index contributed by atoms with van der Waals surface area (Å²) in [7, 11) is 1.82. The molecular weight excluding hydrogens is 418 g/mol. The van der Waals surface area contributed by atoms with Gasteiger partial charge < -0.3 is 15.1 Å². The highest BCUT2D eigenvalue weighted by Crippen LogP contribution is 2.25. The van der Waals surface area contributed by atoms with E-state index >= 15 is 0 Å². The van der Waals surface area contributed by atoms with Gasteiger partial charge in [-0.2, -0.15) is 0 Å². The van der Waals surface area contributed by atoms with E-state index in [4.69, 9.17) is 0 Å². The number of aryl methyl sites for hydroxylation is 2. The Balaban J connectivity index is 1.27. The zero-order valence-corrected chi connectivity index (χ0v) is 19.6. The number of nitrogens with one attached hydrogen (secondary N) is 2. The number of amides is 1.